The van der Waals surface area contributed by atoms with Crippen LogP contribution in [0.5, 0.6) is 0 Å². The van der Waals surface area contributed by atoms with E-state index >= 15 is 0 Å². The fourth-order valence-electron chi connectivity index (χ4n) is 3.22. The predicted octanol–water partition coefficient (Wildman–Crippen LogP) is 3.71. The normalized spacial score (nSPS) is 15.5. The molecule has 1 N–H and O–H groups in total. The lowest BCUT2D eigenvalue weighted by atomic mass is 9.98. The van der Waals surface area contributed by atoms with Crippen molar-refractivity contribution in [2.45, 2.75) is 70.8 Å². The maximum atomic E-state index is 12.4. The molecule has 132 valence electrons. The molecule has 0 aliphatic carbocycles. The van der Waals surface area contributed by atoms with Crippen LogP contribution in [-0.2, 0) is 11.2 Å². The van der Waals surface area contributed by atoms with Crippen LogP contribution >= 0.6 is 0 Å². The fourth-order valence-corrected chi connectivity index (χ4v) is 3.22. The highest BCUT2D eigenvalue weighted by molar-refractivity contribution is 6.09. The van der Waals surface area contributed by atoms with E-state index in [9.17, 15) is 14.7 Å². The van der Waals surface area contributed by atoms with E-state index in [4.69, 9.17) is 0 Å². The first-order chi connectivity index (χ1) is 11.6. The number of unbranched alkanes of at least 4 members (excludes halogenated alkanes) is 6. The first kappa shape index (κ1) is 18.7. The summed E-state index contributed by atoms with van der Waals surface area (Å²) in [5, 5.41) is 9.19. The zero-order valence-corrected chi connectivity index (χ0v) is 14.7. The van der Waals surface area contributed by atoms with Crippen LogP contribution in [-0.4, -0.2) is 34.5 Å². The third-order valence-electron chi connectivity index (χ3n) is 4.64. The Morgan fingerprint density at radius 2 is 1.62 bits per heavy atom. The Kier molecular flexibility index (Phi) is 7.44. The number of benzene rings is 1. The zero-order valence-electron chi connectivity index (χ0n) is 14.7. The molecule has 1 aliphatic rings. The minimum absolute atomic E-state index is 0.0724. The molecule has 4 nitrogen and oxygen atoms in total. The highest BCUT2D eigenvalue weighted by Crippen LogP contribution is 2.20. The third-order valence-corrected chi connectivity index (χ3v) is 4.64. The van der Waals surface area contributed by atoms with E-state index in [0.29, 0.717) is 18.5 Å². The van der Waals surface area contributed by atoms with Crippen LogP contribution in [0.3, 0.4) is 0 Å². The van der Waals surface area contributed by atoms with E-state index in [1.165, 1.54) is 24.2 Å². The predicted molar refractivity (Wildman–Crippen MR) is 94.8 cm³/mol. The van der Waals surface area contributed by atoms with Gasteiger partial charge in [0.15, 0.2) is 0 Å². The van der Waals surface area contributed by atoms with Crippen molar-refractivity contribution in [3.63, 3.8) is 0 Å². The number of imide groups is 1. The minimum atomic E-state index is -0.185. The van der Waals surface area contributed by atoms with Crippen LogP contribution in [0.1, 0.15) is 74.2 Å². The summed E-state index contributed by atoms with van der Waals surface area (Å²) in [7, 11) is 0. The molecule has 0 radical (unpaired) electrons. The van der Waals surface area contributed by atoms with Gasteiger partial charge in [-0.25, -0.2) is 0 Å². The molecule has 1 unspecified atom stereocenters. The van der Waals surface area contributed by atoms with Gasteiger partial charge in [0.05, 0.1) is 12.5 Å². The van der Waals surface area contributed by atoms with Gasteiger partial charge in [-0.15, -0.1) is 0 Å². The smallest absolute Gasteiger partial charge is 0.260 e. The van der Waals surface area contributed by atoms with Crippen molar-refractivity contribution < 1.29 is 14.7 Å². The number of rotatable bonds is 10. The number of aliphatic hydroxyl groups excluding tert-OH is 1. The van der Waals surface area contributed by atoms with Gasteiger partial charge in [-0.1, -0.05) is 56.7 Å². The average molecular weight is 331 g/mol. The summed E-state index contributed by atoms with van der Waals surface area (Å²) in [5.41, 5.74) is 1.52. The van der Waals surface area contributed by atoms with Crippen LogP contribution < -0.4 is 0 Å². The standard InChI is InChI=1S/C20H29NO3/c1-16(22)11-7-5-3-2-4-6-10-14-21-19(23)15-17-12-8-9-13-18(17)20(21)24/h8-9,12-13,16,22H,2-7,10-11,14-15H2,1H3. The minimum Gasteiger partial charge on any atom is -0.393 e. The van der Waals surface area contributed by atoms with Crippen molar-refractivity contribution >= 4 is 11.8 Å². The summed E-state index contributed by atoms with van der Waals surface area (Å²) < 4.78 is 0. The summed E-state index contributed by atoms with van der Waals surface area (Å²) in [5.74, 6) is -0.211. The number of fused-ring (bicyclic) bond motifs is 1. The molecule has 1 heterocycles. The molecular weight excluding hydrogens is 302 g/mol. The van der Waals surface area contributed by atoms with Gasteiger partial charge < -0.3 is 5.11 Å². The SMILES string of the molecule is CC(O)CCCCCCCCCN1C(=O)Cc2ccccc2C1=O. The van der Waals surface area contributed by atoms with Gasteiger partial charge in [0, 0.05) is 12.1 Å². The Morgan fingerprint density at radius 1 is 1.00 bits per heavy atom. The zero-order chi connectivity index (χ0) is 17.4. The van der Waals surface area contributed by atoms with Crippen LogP contribution in [0.4, 0.5) is 0 Å². The Hall–Kier alpha value is -1.68. The number of hydrogen-bond acceptors (Lipinski definition) is 3. The number of nitrogens with zero attached hydrogens (tertiary/aromatic N) is 1. The molecule has 24 heavy (non-hydrogen) atoms. The molecule has 1 aromatic carbocycles. The van der Waals surface area contributed by atoms with Crippen molar-refractivity contribution in [3.05, 3.63) is 35.4 Å². The van der Waals surface area contributed by atoms with Crippen molar-refractivity contribution in [1.82, 2.24) is 4.90 Å². The Bertz CT molecular complexity index is 554. The van der Waals surface area contributed by atoms with Gasteiger partial charge in [-0.2, -0.15) is 0 Å². The van der Waals surface area contributed by atoms with Gasteiger partial charge in [0.25, 0.3) is 5.91 Å². The summed E-state index contributed by atoms with van der Waals surface area (Å²) in [6.07, 6.45) is 8.76. The summed E-state index contributed by atoms with van der Waals surface area (Å²) in [6.45, 7) is 2.37. The number of aliphatic hydroxyl groups is 1. The van der Waals surface area contributed by atoms with Gasteiger partial charge in [-0.05, 0) is 31.4 Å². The molecule has 1 aliphatic heterocycles. The number of hydrogen-bond donors (Lipinski definition) is 1. The van der Waals surface area contributed by atoms with Crippen LogP contribution in [0, 0.1) is 0 Å². The Labute approximate surface area is 144 Å². The third kappa shape index (κ3) is 5.45. The number of carbonyl (C=O) groups excluding carboxylic acids is 2. The molecule has 0 fully saturated rings. The monoisotopic (exact) mass is 331 g/mol. The molecule has 0 aromatic heterocycles. The van der Waals surface area contributed by atoms with Gasteiger partial charge in [0.1, 0.15) is 0 Å². The highest BCUT2D eigenvalue weighted by Gasteiger charge is 2.29. The maximum Gasteiger partial charge on any atom is 0.260 e. The molecule has 2 amide bonds. The quantitative estimate of drug-likeness (QED) is 0.525. The fraction of sp³-hybridized carbons (Fsp3) is 0.600. The van der Waals surface area contributed by atoms with E-state index in [2.05, 4.69) is 0 Å². The number of amides is 2. The van der Waals surface area contributed by atoms with E-state index in [-0.39, 0.29) is 17.9 Å². The number of carbonyl (C=O) groups is 2. The van der Waals surface area contributed by atoms with Crippen molar-refractivity contribution in [1.29, 1.82) is 0 Å². The van der Waals surface area contributed by atoms with E-state index in [0.717, 1.165) is 37.7 Å². The summed E-state index contributed by atoms with van der Waals surface area (Å²) >= 11 is 0. The van der Waals surface area contributed by atoms with Gasteiger partial charge >= 0.3 is 0 Å². The summed E-state index contributed by atoms with van der Waals surface area (Å²) in [6, 6.07) is 7.39. The largest absolute Gasteiger partial charge is 0.393 e. The van der Waals surface area contributed by atoms with E-state index in [1.54, 1.807) is 0 Å². The highest BCUT2D eigenvalue weighted by atomic mass is 16.3. The molecule has 0 spiro atoms. The maximum absolute atomic E-state index is 12.4. The van der Waals surface area contributed by atoms with Gasteiger partial charge in [-0.3, -0.25) is 14.5 Å². The molecular formula is C20H29NO3. The lowest BCUT2D eigenvalue weighted by Crippen LogP contribution is -2.42. The molecule has 0 bridgehead atoms. The average Bonchev–Trinajstić information content (AvgIpc) is 2.55. The van der Waals surface area contributed by atoms with Crippen molar-refractivity contribution in [3.8, 4) is 0 Å². The second kappa shape index (κ2) is 9.58. The first-order valence-electron chi connectivity index (χ1n) is 9.20. The Balaban J connectivity index is 1.63. The van der Waals surface area contributed by atoms with Crippen LogP contribution in [0.25, 0.3) is 0 Å². The first-order valence-corrected chi connectivity index (χ1v) is 9.20. The second-order valence-corrected chi connectivity index (χ2v) is 6.80. The van der Waals surface area contributed by atoms with Gasteiger partial charge in [0.2, 0.25) is 5.91 Å². The molecule has 2 rings (SSSR count). The lowest BCUT2D eigenvalue weighted by molar-refractivity contribution is -0.128. The molecule has 1 aromatic rings. The molecule has 4 heteroatoms. The Morgan fingerprint density at radius 3 is 2.33 bits per heavy atom. The van der Waals surface area contributed by atoms with E-state index < -0.39 is 0 Å². The second-order valence-electron chi connectivity index (χ2n) is 6.80. The van der Waals surface area contributed by atoms with E-state index in [1.807, 2.05) is 31.2 Å². The van der Waals surface area contributed by atoms with Crippen molar-refractivity contribution in [2.24, 2.45) is 0 Å². The molecule has 0 saturated carbocycles. The summed E-state index contributed by atoms with van der Waals surface area (Å²) in [4.78, 5) is 26.0. The molecule has 1 atom stereocenters. The van der Waals surface area contributed by atoms with Crippen LogP contribution in [0.2, 0.25) is 0 Å². The van der Waals surface area contributed by atoms with Crippen LogP contribution in [0.15, 0.2) is 24.3 Å². The van der Waals surface area contributed by atoms with Crippen molar-refractivity contribution in [2.75, 3.05) is 6.54 Å². The lowest BCUT2D eigenvalue weighted by Gasteiger charge is -2.26. The molecule has 0 saturated heterocycles. The topological polar surface area (TPSA) is 57.6 Å².